The SMILES string of the molecule is Cc1ncsc1-c1ccc(CNC(=O)C2CCCN2C(=O)C(c2cc(N3CC4(CN(c5ccc6cc(-c7ccccc7O)nnc6c5)C4)C3)no2)C(C)C)cc1. The third-order valence-electron chi connectivity index (χ3n) is 11.6. The van der Waals surface area contributed by atoms with Crippen LogP contribution in [0.25, 0.3) is 32.6 Å². The minimum Gasteiger partial charge on any atom is -0.507 e. The monoisotopic (exact) mass is 768 g/mol. The number of phenolic OH excluding ortho intramolecular Hbond substituents is 1. The largest absolute Gasteiger partial charge is 0.507 e. The van der Waals surface area contributed by atoms with Crippen molar-refractivity contribution in [3.63, 3.8) is 0 Å². The summed E-state index contributed by atoms with van der Waals surface area (Å²) in [5.74, 6) is 0.676. The van der Waals surface area contributed by atoms with Gasteiger partial charge in [0, 0.05) is 67.4 Å². The summed E-state index contributed by atoms with van der Waals surface area (Å²) in [4.78, 5) is 39.4. The lowest BCUT2D eigenvalue weighted by Crippen LogP contribution is -2.72. The molecule has 0 aliphatic carbocycles. The number of fused-ring (bicyclic) bond motifs is 1. The van der Waals surface area contributed by atoms with Crippen LogP contribution >= 0.6 is 11.3 Å². The Labute approximate surface area is 329 Å². The number of para-hydroxylation sites is 1. The highest BCUT2D eigenvalue weighted by Gasteiger charge is 2.53. The summed E-state index contributed by atoms with van der Waals surface area (Å²) < 4.78 is 5.88. The molecule has 3 aromatic heterocycles. The number of aryl methyl sites for hydroxylation is 1. The van der Waals surface area contributed by atoms with Crippen LogP contribution in [0.4, 0.5) is 11.5 Å². The molecular weight excluding hydrogens is 725 g/mol. The number of hydrogen-bond acceptors (Lipinski definition) is 11. The van der Waals surface area contributed by atoms with Crippen molar-refractivity contribution < 1.29 is 19.2 Å². The lowest BCUT2D eigenvalue weighted by atomic mass is 9.72. The van der Waals surface area contributed by atoms with Crippen LogP contribution in [0.3, 0.4) is 0 Å². The molecule has 0 radical (unpaired) electrons. The molecule has 1 spiro atoms. The zero-order chi connectivity index (χ0) is 38.6. The fraction of sp³-hybridized carbons (Fsp3) is 0.349. The van der Waals surface area contributed by atoms with Gasteiger partial charge in [-0.1, -0.05) is 61.5 Å². The summed E-state index contributed by atoms with van der Waals surface area (Å²) in [5, 5.41) is 27.6. The van der Waals surface area contributed by atoms with E-state index in [9.17, 15) is 14.7 Å². The van der Waals surface area contributed by atoms with Gasteiger partial charge in [0.25, 0.3) is 0 Å². The third kappa shape index (κ3) is 6.63. The maximum atomic E-state index is 14.1. The first kappa shape index (κ1) is 35.9. The number of carbonyl (C=O) groups is 2. The predicted molar refractivity (Wildman–Crippen MR) is 216 cm³/mol. The molecule has 3 saturated heterocycles. The van der Waals surface area contributed by atoms with Gasteiger partial charge in [0.05, 0.1) is 27.3 Å². The fourth-order valence-corrected chi connectivity index (χ4v) is 9.38. The van der Waals surface area contributed by atoms with Gasteiger partial charge in [0.15, 0.2) is 11.6 Å². The number of hydrogen-bond donors (Lipinski definition) is 2. The van der Waals surface area contributed by atoms with Crippen LogP contribution in [0, 0.1) is 18.3 Å². The molecule has 3 fully saturated rings. The molecule has 2 N–H and O–H groups in total. The Kier molecular flexibility index (Phi) is 9.19. The average molecular weight is 769 g/mol. The zero-order valence-corrected chi connectivity index (χ0v) is 32.5. The van der Waals surface area contributed by atoms with Crippen LogP contribution in [0.5, 0.6) is 5.75 Å². The number of phenols is 1. The van der Waals surface area contributed by atoms with Gasteiger partial charge in [0.2, 0.25) is 11.8 Å². The minimum atomic E-state index is -0.535. The van der Waals surface area contributed by atoms with E-state index in [1.807, 2.05) is 62.7 Å². The molecule has 2 amide bonds. The molecule has 6 heterocycles. The summed E-state index contributed by atoms with van der Waals surface area (Å²) in [5.41, 5.74) is 8.36. The molecule has 6 aromatic rings. The summed E-state index contributed by atoms with van der Waals surface area (Å²) >= 11 is 1.62. The lowest BCUT2D eigenvalue weighted by Gasteiger charge is -2.61. The van der Waals surface area contributed by atoms with Gasteiger partial charge < -0.3 is 29.6 Å². The molecule has 2 atom stereocenters. The van der Waals surface area contributed by atoms with Gasteiger partial charge in [-0.25, -0.2) is 4.98 Å². The van der Waals surface area contributed by atoms with Crippen molar-refractivity contribution in [2.45, 2.75) is 52.1 Å². The van der Waals surface area contributed by atoms with Crippen molar-refractivity contribution in [1.82, 2.24) is 30.6 Å². The molecule has 2 unspecified atom stereocenters. The Morgan fingerprint density at radius 1 is 0.982 bits per heavy atom. The van der Waals surface area contributed by atoms with E-state index >= 15 is 0 Å². The normalized spacial score (nSPS) is 18.0. The van der Waals surface area contributed by atoms with E-state index in [0.717, 1.165) is 76.7 Å². The molecule has 286 valence electrons. The highest BCUT2D eigenvalue weighted by atomic mass is 32.1. The van der Waals surface area contributed by atoms with E-state index in [0.29, 0.717) is 36.5 Å². The Balaban J connectivity index is 0.797. The molecule has 12 nitrogen and oxygen atoms in total. The molecule has 0 saturated carbocycles. The summed E-state index contributed by atoms with van der Waals surface area (Å²) in [6, 6.07) is 24.9. The number of nitrogens with zero attached hydrogens (tertiary/aromatic N) is 7. The van der Waals surface area contributed by atoms with Gasteiger partial charge in [-0.3, -0.25) is 9.59 Å². The zero-order valence-electron chi connectivity index (χ0n) is 31.7. The Bertz CT molecular complexity index is 2410. The number of likely N-dealkylation sites (tertiary alicyclic amines) is 1. The molecule has 9 rings (SSSR count). The van der Waals surface area contributed by atoms with Crippen LogP contribution in [-0.4, -0.2) is 80.9 Å². The summed E-state index contributed by atoms with van der Waals surface area (Å²) in [6.07, 6.45) is 1.41. The number of aromatic nitrogens is 4. The average Bonchev–Trinajstić information content (AvgIpc) is 3.95. The summed E-state index contributed by atoms with van der Waals surface area (Å²) in [6.45, 7) is 10.5. The molecule has 3 aliphatic heterocycles. The van der Waals surface area contributed by atoms with Crippen LogP contribution in [0.1, 0.15) is 49.6 Å². The van der Waals surface area contributed by atoms with Gasteiger partial charge in [-0.2, -0.15) is 0 Å². The van der Waals surface area contributed by atoms with Crippen LogP contribution in [0.15, 0.2) is 88.9 Å². The van der Waals surface area contributed by atoms with Crippen molar-refractivity contribution in [3.8, 4) is 27.4 Å². The Hall–Kier alpha value is -5.82. The quantitative estimate of drug-likeness (QED) is 0.153. The van der Waals surface area contributed by atoms with Crippen LogP contribution < -0.4 is 15.1 Å². The second-order valence-electron chi connectivity index (χ2n) is 15.9. The molecular formula is C43H44N8O4S. The van der Waals surface area contributed by atoms with Gasteiger partial charge in [0.1, 0.15) is 17.7 Å². The predicted octanol–water partition coefficient (Wildman–Crippen LogP) is 6.80. The molecule has 56 heavy (non-hydrogen) atoms. The smallest absolute Gasteiger partial charge is 0.243 e. The maximum absolute atomic E-state index is 14.1. The molecule has 3 aliphatic rings. The number of anilines is 2. The maximum Gasteiger partial charge on any atom is 0.243 e. The molecule has 13 heteroatoms. The number of aromatic hydroxyl groups is 1. The highest BCUT2D eigenvalue weighted by Crippen LogP contribution is 2.45. The molecule has 0 bridgehead atoms. The van der Waals surface area contributed by atoms with Crippen LogP contribution in [0.2, 0.25) is 0 Å². The second kappa shape index (κ2) is 14.4. The highest BCUT2D eigenvalue weighted by molar-refractivity contribution is 7.13. The summed E-state index contributed by atoms with van der Waals surface area (Å²) in [7, 11) is 0. The van der Waals surface area contributed by atoms with E-state index in [4.69, 9.17) is 4.52 Å². The first-order valence-electron chi connectivity index (χ1n) is 19.2. The van der Waals surface area contributed by atoms with Gasteiger partial charge in [-0.05, 0) is 67.1 Å². The van der Waals surface area contributed by atoms with Crippen molar-refractivity contribution in [1.29, 1.82) is 0 Å². The topological polar surface area (TPSA) is 141 Å². The standard InChI is InChI=1S/C43H44N8O4S/c1-26(2)39(42(54)51-16-6-8-35(51)41(53)44-20-28-10-12-29(13-11-28)40-27(3)45-25-56-40)37-19-38(48-55-37)50-23-43(24-50)21-49(22-43)31-15-14-30-17-34(47-46-33(30)18-31)32-7-4-5-9-36(32)52/h4-5,7,9-15,17-19,25-26,35,39,52H,6,8,16,20-24H2,1-3H3,(H,44,53). The lowest BCUT2D eigenvalue weighted by molar-refractivity contribution is -0.140. The van der Waals surface area contributed by atoms with Gasteiger partial charge in [-0.15, -0.1) is 21.5 Å². The van der Waals surface area contributed by atoms with E-state index in [2.05, 4.69) is 65.8 Å². The third-order valence-corrected chi connectivity index (χ3v) is 12.5. The van der Waals surface area contributed by atoms with E-state index in [1.165, 1.54) is 0 Å². The number of amides is 2. The van der Waals surface area contributed by atoms with Crippen molar-refractivity contribution in [3.05, 3.63) is 101 Å². The number of nitrogens with one attached hydrogen (secondary N) is 1. The van der Waals surface area contributed by atoms with E-state index in [-0.39, 0.29) is 28.9 Å². The Morgan fingerprint density at radius 2 is 1.77 bits per heavy atom. The fourth-order valence-electron chi connectivity index (χ4n) is 8.57. The van der Waals surface area contributed by atoms with E-state index < -0.39 is 12.0 Å². The van der Waals surface area contributed by atoms with Gasteiger partial charge >= 0.3 is 0 Å². The van der Waals surface area contributed by atoms with Crippen LogP contribution in [-0.2, 0) is 16.1 Å². The van der Waals surface area contributed by atoms with E-state index in [1.54, 1.807) is 28.4 Å². The number of carbonyl (C=O) groups excluding carboxylic acids is 2. The number of benzene rings is 3. The van der Waals surface area contributed by atoms with Crippen molar-refractivity contribution >= 4 is 45.6 Å². The number of rotatable bonds is 10. The second-order valence-corrected chi connectivity index (χ2v) is 16.7. The van der Waals surface area contributed by atoms with Crippen molar-refractivity contribution in [2.24, 2.45) is 11.3 Å². The van der Waals surface area contributed by atoms with Crippen molar-refractivity contribution in [2.75, 3.05) is 42.5 Å². The Morgan fingerprint density at radius 3 is 2.52 bits per heavy atom. The first-order chi connectivity index (χ1) is 27.1. The first-order valence-corrected chi connectivity index (χ1v) is 20.1. The minimum absolute atomic E-state index is 0.0417. The molecule has 3 aromatic carbocycles. The number of thiazole rings is 1.